The summed E-state index contributed by atoms with van der Waals surface area (Å²) in [4.78, 5) is 44.8. The molecule has 2 aliphatic rings. The van der Waals surface area contributed by atoms with Gasteiger partial charge in [0, 0.05) is 17.2 Å². The van der Waals surface area contributed by atoms with Crippen LogP contribution in [-0.2, 0) is 14.4 Å². The number of rotatable bonds is 4. The minimum atomic E-state index is -1.08. The largest absolute Gasteiger partial charge is 0.273 e. The Hall–Kier alpha value is -3.75. The van der Waals surface area contributed by atoms with Crippen molar-refractivity contribution in [2.75, 3.05) is 9.96 Å². The summed E-state index contributed by atoms with van der Waals surface area (Å²) >= 11 is 6.48. The molecule has 0 N–H and O–H groups in total. The van der Waals surface area contributed by atoms with E-state index < -0.39 is 34.8 Å². The number of benzene rings is 3. The third kappa shape index (κ3) is 3.44. The predicted octanol–water partition coefficient (Wildman–Crippen LogP) is 4.61. The van der Waals surface area contributed by atoms with E-state index in [0.717, 1.165) is 10.5 Å². The average molecular weight is 464 g/mol. The van der Waals surface area contributed by atoms with Gasteiger partial charge in [-0.25, -0.2) is 9.96 Å². The summed E-state index contributed by atoms with van der Waals surface area (Å²) in [6.45, 7) is 1.92. The summed E-state index contributed by atoms with van der Waals surface area (Å²) in [6.07, 6.45) is -1.08. The number of nitro groups is 1. The third-order valence-corrected chi connectivity index (χ3v) is 6.27. The van der Waals surface area contributed by atoms with E-state index in [4.69, 9.17) is 16.4 Å². The standard InChI is InChI=1S/C24H18ClN3O5/c1-14-9-11-15(12-10-14)26-23(29)20-21(18-7-2-3-8-19(18)25)27(33-22(20)24(26)30)16-5-4-6-17(13-16)28(31)32/h2-13,20-22H,1H3/t20-,21-,22+/m1/s1. The van der Waals surface area contributed by atoms with E-state index in [-0.39, 0.29) is 5.69 Å². The van der Waals surface area contributed by atoms with Gasteiger partial charge in [0.2, 0.25) is 5.91 Å². The fraction of sp³-hybridized carbons (Fsp3) is 0.167. The first-order valence-electron chi connectivity index (χ1n) is 10.3. The third-order valence-electron chi connectivity index (χ3n) is 5.93. The second-order valence-electron chi connectivity index (χ2n) is 7.97. The van der Waals surface area contributed by atoms with Crippen LogP contribution in [-0.4, -0.2) is 22.8 Å². The highest BCUT2D eigenvalue weighted by atomic mass is 35.5. The molecule has 33 heavy (non-hydrogen) atoms. The lowest BCUT2D eigenvalue weighted by Crippen LogP contribution is -2.37. The Kier molecular flexibility index (Phi) is 5.11. The van der Waals surface area contributed by atoms with Crippen LogP contribution in [0.1, 0.15) is 17.2 Å². The van der Waals surface area contributed by atoms with Crippen molar-refractivity contribution in [2.24, 2.45) is 5.92 Å². The van der Waals surface area contributed by atoms with E-state index in [0.29, 0.717) is 22.0 Å². The number of amides is 2. The van der Waals surface area contributed by atoms with Crippen molar-refractivity contribution in [3.8, 4) is 0 Å². The Morgan fingerprint density at radius 3 is 2.36 bits per heavy atom. The van der Waals surface area contributed by atoms with E-state index in [9.17, 15) is 19.7 Å². The topological polar surface area (TPSA) is 93.0 Å². The number of aryl methyl sites for hydroxylation is 1. The van der Waals surface area contributed by atoms with Crippen molar-refractivity contribution in [3.63, 3.8) is 0 Å². The van der Waals surface area contributed by atoms with Gasteiger partial charge in [-0.1, -0.05) is 53.6 Å². The highest BCUT2D eigenvalue weighted by molar-refractivity contribution is 6.31. The molecule has 0 bridgehead atoms. The number of hydrogen-bond donors (Lipinski definition) is 0. The molecule has 2 saturated heterocycles. The quantitative estimate of drug-likeness (QED) is 0.319. The molecule has 9 heteroatoms. The summed E-state index contributed by atoms with van der Waals surface area (Å²) < 4.78 is 0. The van der Waals surface area contributed by atoms with Crippen molar-refractivity contribution in [3.05, 3.63) is 99.1 Å². The first-order chi connectivity index (χ1) is 15.9. The molecule has 2 aliphatic heterocycles. The molecular formula is C24H18ClN3O5. The maximum atomic E-state index is 13.6. The lowest BCUT2D eigenvalue weighted by Gasteiger charge is -2.29. The molecule has 5 rings (SSSR count). The first kappa shape index (κ1) is 21.1. The molecule has 0 aromatic heterocycles. The number of imide groups is 1. The van der Waals surface area contributed by atoms with E-state index in [1.807, 2.05) is 19.1 Å². The zero-order valence-corrected chi connectivity index (χ0v) is 18.2. The molecular weight excluding hydrogens is 446 g/mol. The maximum absolute atomic E-state index is 13.6. The van der Waals surface area contributed by atoms with Gasteiger partial charge in [-0.15, -0.1) is 0 Å². The van der Waals surface area contributed by atoms with Crippen molar-refractivity contribution in [2.45, 2.75) is 19.1 Å². The molecule has 0 radical (unpaired) electrons. The van der Waals surface area contributed by atoms with Crippen molar-refractivity contribution >= 4 is 40.5 Å². The van der Waals surface area contributed by atoms with Gasteiger partial charge in [0.25, 0.3) is 11.6 Å². The summed E-state index contributed by atoms with van der Waals surface area (Å²) in [7, 11) is 0. The number of carbonyl (C=O) groups is 2. The second-order valence-corrected chi connectivity index (χ2v) is 8.38. The van der Waals surface area contributed by atoms with Crippen LogP contribution in [0.25, 0.3) is 0 Å². The van der Waals surface area contributed by atoms with Crippen LogP contribution in [0.3, 0.4) is 0 Å². The maximum Gasteiger partial charge on any atom is 0.271 e. The number of nitro benzene ring substituents is 1. The average Bonchev–Trinajstić information content (AvgIpc) is 3.31. The smallest absolute Gasteiger partial charge is 0.271 e. The van der Waals surface area contributed by atoms with Gasteiger partial charge in [0.1, 0.15) is 5.92 Å². The molecule has 2 heterocycles. The fourth-order valence-electron chi connectivity index (χ4n) is 4.36. The SMILES string of the molecule is Cc1ccc(N2C(=O)[C@H]3[C@H](ON(c4cccc([N+](=O)[O-])c4)[C@@H]3c3ccccc3Cl)C2=O)cc1. The molecule has 0 spiro atoms. The van der Waals surface area contributed by atoms with Crippen LogP contribution in [0.5, 0.6) is 0 Å². The number of hydrogen-bond acceptors (Lipinski definition) is 6. The van der Waals surface area contributed by atoms with E-state index in [2.05, 4.69) is 0 Å². The predicted molar refractivity (Wildman–Crippen MR) is 122 cm³/mol. The van der Waals surface area contributed by atoms with E-state index in [1.165, 1.54) is 23.3 Å². The van der Waals surface area contributed by atoms with Crippen molar-refractivity contribution < 1.29 is 19.3 Å². The number of fused-ring (bicyclic) bond motifs is 1. The Bertz CT molecular complexity index is 1280. The van der Waals surface area contributed by atoms with E-state index >= 15 is 0 Å². The minimum Gasteiger partial charge on any atom is -0.273 e. The number of nitrogens with zero attached hydrogens (tertiary/aromatic N) is 3. The van der Waals surface area contributed by atoms with Crippen molar-refractivity contribution in [1.29, 1.82) is 0 Å². The van der Waals surface area contributed by atoms with Gasteiger partial charge in [0.15, 0.2) is 6.10 Å². The summed E-state index contributed by atoms with van der Waals surface area (Å²) in [5, 5.41) is 13.1. The van der Waals surface area contributed by atoms with Gasteiger partial charge >= 0.3 is 0 Å². The minimum absolute atomic E-state index is 0.134. The number of non-ortho nitro benzene ring substituents is 1. The molecule has 8 nitrogen and oxygen atoms in total. The fourth-order valence-corrected chi connectivity index (χ4v) is 4.61. The number of hydroxylamine groups is 1. The molecule has 3 aromatic carbocycles. The summed E-state index contributed by atoms with van der Waals surface area (Å²) in [5.41, 5.74) is 2.27. The van der Waals surface area contributed by atoms with Gasteiger partial charge in [0.05, 0.1) is 22.3 Å². The highest BCUT2D eigenvalue weighted by Crippen LogP contribution is 2.49. The van der Waals surface area contributed by atoms with Crippen LogP contribution < -0.4 is 9.96 Å². The van der Waals surface area contributed by atoms with E-state index in [1.54, 1.807) is 42.5 Å². The van der Waals surface area contributed by atoms with Gasteiger partial charge in [-0.05, 0) is 36.8 Å². The Labute approximate surface area is 194 Å². The number of carbonyl (C=O) groups excluding carboxylic acids is 2. The Morgan fingerprint density at radius 1 is 0.939 bits per heavy atom. The molecule has 0 saturated carbocycles. The summed E-state index contributed by atoms with van der Waals surface area (Å²) in [6, 6.07) is 19.2. The second kappa shape index (κ2) is 7.99. The molecule has 0 unspecified atom stereocenters. The molecule has 2 fully saturated rings. The normalized spacial score (nSPS) is 22.1. The Balaban J connectivity index is 1.61. The van der Waals surface area contributed by atoms with Crippen LogP contribution >= 0.6 is 11.6 Å². The molecule has 166 valence electrons. The first-order valence-corrected chi connectivity index (χ1v) is 10.6. The Morgan fingerprint density at radius 2 is 1.67 bits per heavy atom. The lowest BCUT2D eigenvalue weighted by atomic mass is 9.90. The van der Waals surface area contributed by atoms with Gasteiger partial charge in [-0.3, -0.25) is 24.5 Å². The van der Waals surface area contributed by atoms with Crippen LogP contribution in [0, 0.1) is 23.0 Å². The van der Waals surface area contributed by atoms with Crippen LogP contribution in [0.15, 0.2) is 72.8 Å². The monoisotopic (exact) mass is 463 g/mol. The highest BCUT2D eigenvalue weighted by Gasteiger charge is 2.60. The number of anilines is 2. The van der Waals surface area contributed by atoms with Crippen LogP contribution in [0.2, 0.25) is 5.02 Å². The number of halogens is 1. The zero-order chi connectivity index (χ0) is 23.3. The molecule has 0 aliphatic carbocycles. The molecule has 3 aromatic rings. The summed E-state index contributed by atoms with van der Waals surface area (Å²) in [5.74, 6) is -1.77. The molecule has 3 atom stereocenters. The lowest BCUT2D eigenvalue weighted by molar-refractivity contribution is -0.384. The van der Waals surface area contributed by atoms with Gasteiger partial charge < -0.3 is 0 Å². The van der Waals surface area contributed by atoms with Crippen molar-refractivity contribution in [1.82, 2.24) is 0 Å². The van der Waals surface area contributed by atoms with Crippen LogP contribution in [0.4, 0.5) is 17.1 Å². The zero-order valence-electron chi connectivity index (χ0n) is 17.4. The molecule has 2 amide bonds. The van der Waals surface area contributed by atoms with Gasteiger partial charge in [-0.2, -0.15) is 0 Å².